The van der Waals surface area contributed by atoms with Gasteiger partial charge in [-0.2, -0.15) is 9.71 Å². The van der Waals surface area contributed by atoms with Crippen LogP contribution in [0.15, 0.2) is 44.8 Å². The van der Waals surface area contributed by atoms with Gasteiger partial charge in [0.05, 0.1) is 6.20 Å². The van der Waals surface area contributed by atoms with Crippen molar-refractivity contribution in [2.75, 3.05) is 0 Å². The van der Waals surface area contributed by atoms with Gasteiger partial charge in [0.2, 0.25) is 11.7 Å². The smallest absolute Gasteiger partial charge is 0.251 e. The molecule has 1 saturated carbocycles. The molecule has 0 aliphatic heterocycles. The molecule has 3 heterocycles. The number of hydrogen-bond donors (Lipinski definition) is 1. The van der Waals surface area contributed by atoms with Crippen molar-refractivity contribution >= 4 is 21.4 Å². The summed E-state index contributed by atoms with van der Waals surface area (Å²) in [5, 5.41) is 5.72. The van der Waals surface area contributed by atoms with E-state index in [1.165, 1.54) is 17.5 Å². The molecule has 0 amide bonds. The third-order valence-corrected chi connectivity index (χ3v) is 7.36. The summed E-state index contributed by atoms with van der Waals surface area (Å²) in [5.41, 5.74) is -0.413. The number of thiophene rings is 1. The Morgan fingerprint density at radius 2 is 2.04 bits per heavy atom. The molecule has 1 fully saturated rings. The first-order valence-electron chi connectivity index (χ1n) is 8.27. The Balaban J connectivity index is 1.70. The van der Waals surface area contributed by atoms with E-state index in [1.54, 1.807) is 29.9 Å². The Morgan fingerprint density at radius 1 is 1.19 bits per heavy atom. The number of rotatable bonds is 5. The van der Waals surface area contributed by atoms with Crippen LogP contribution >= 0.6 is 11.3 Å². The SMILES string of the molecule is O=S(=O)(NC1(c2nc(-c3cnccn3)no2)CCCCC1)c1cccs1. The third kappa shape index (κ3) is 3.27. The Hall–Kier alpha value is -2.17. The number of sulfonamides is 1. The Kier molecular flexibility index (Phi) is 4.55. The zero-order chi connectivity index (χ0) is 18.0. The van der Waals surface area contributed by atoms with Gasteiger partial charge in [-0.25, -0.2) is 13.4 Å². The average Bonchev–Trinajstić information content (AvgIpc) is 3.35. The molecule has 10 heteroatoms. The second-order valence-electron chi connectivity index (χ2n) is 6.19. The van der Waals surface area contributed by atoms with Crippen LogP contribution in [0.5, 0.6) is 0 Å². The molecule has 0 spiro atoms. The lowest BCUT2D eigenvalue weighted by Gasteiger charge is -2.34. The first-order valence-corrected chi connectivity index (χ1v) is 10.6. The van der Waals surface area contributed by atoms with Crippen LogP contribution in [0.3, 0.4) is 0 Å². The molecule has 4 rings (SSSR count). The standard InChI is InChI=1S/C16H17N5O3S2/c22-26(23,13-5-4-10-25-13)21-16(6-2-1-3-7-16)15-19-14(20-24-15)12-11-17-8-9-18-12/h4-5,8-11,21H,1-3,6-7H2. The zero-order valence-electron chi connectivity index (χ0n) is 13.8. The molecule has 3 aromatic heterocycles. The molecular formula is C16H17N5O3S2. The predicted octanol–water partition coefficient (Wildman–Crippen LogP) is 2.73. The highest BCUT2D eigenvalue weighted by Crippen LogP contribution is 2.38. The fourth-order valence-electron chi connectivity index (χ4n) is 3.18. The molecule has 26 heavy (non-hydrogen) atoms. The van der Waals surface area contributed by atoms with Crippen LogP contribution in [0.1, 0.15) is 38.0 Å². The van der Waals surface area contributed by atoms with Crippen LogP contribution in [0.2, 0.25) is 0 Å². The van der Waals surface area contributed by atoms with Gasteiger partial charge in [-0.15, -0.1) is 11.3 Å². The normalized spacial score (nSPS) is 17.2. The molecule has 0 bridgehead atoms. The van der Waals surface area contributed by atoms with Gasteiger partial charge in [0, 0.05) is 12.4 Å². The highest BCUT2D eigenvalue weighted by molar-refractivity contribution is 7.91. The summed E-state index contributed by atoms with van der Waals surface area (Å²) in [6.07, 6.45) is 8.68. The molecule has 0 atom stereocenters. The lowest BCUT2D eigenvalue weighted by atomic mass is 9.82. The predicted molar refractivity (Wildman–Crippen MR) is 94.7 cm³/mol. The lowest BCUT2D eigenvalue weighted by Crippen LogP contribution is -2.47. The largest absolute Gasteiger partial charge is 0.337 e. The minimum Gasteiger partial charge on any atom is -0.337 e. The maximum atomic E-state index is 12.8. The highest BCUT2D eigenvalue weighted by atomic mass is 32.2. The van der Waals surface area contributed by atoms with Crippen molar-refractivity contribution in [3.8, 4) is 11.5 Å². The number of aromatic nitrogens is 4. The van der Waals surface area contributed by atoms with Crippen molar-refractivity contribution in [3.63, 3.8) is 0 Å². The molecule has 0 unspecified atom stereocenters. The zero-order valence-corrected chi connectivity index (χ0v) is 15.5. The van der Waals surface area contributed by atoms with Crippen LogP contribution < -0.4 is 4.72 Å². The molecule has 1 aliphatic rings. The van der Waals surface area contributed by atoms with E-state index >= 15 is 0 Å². The molecule has 0 aromatic carbocycles. The van der Waals surface area contributed by atoms with E-state index in [0.717, 1.165) is 19.3 Å². The van der Waals surface area contributed by atoms with Crippen LogP contribution in [0.4, 0.5) is 0 Å². The van der Waals surface area contributed by atoms with Gasteiger partial charge in [0.25, 0.3) is 10.0 Å². The van der Waals surface area contributed by atoms with Crippen molar-refractivity contribution in [3.05, 3.63) is 42.0 Å². The van der Waals surface area contributed by atoms with Crippen molar-refractivity contribution < 1.29 is 12.9 Å². The number of nitrogens with zero attached hydrogens (tertiary/aromatic N) is 4. The summed E-state index contributed by atoms with van der Waals surface area (Å²) >= 11 is 1.18. The van der Waals surface area contributed by atoms with Gasteiger partial charge in [-0.1, -0.05) is 30.5 Å². The van der Waals surface area contributed by atoms with E-state index in [9.17, 15) is 8.42 Å². The first-order chi connectivity index (χ1) is 12.6. The fraction of sp³-hybridized carbons (Fsp3) is 0.375. The van der Waals surface area contributed by atoms with Crippen LogP contribution in [-0.2, 0) is 15.6 Å². The van der Waals surface area contributed by atoms with Gasteiger partial charge in [-0.05, 0) is 24.3 Å². The van der Waals surface area contributed by atoms with Crippen molar-refractivity contribution in [1.29, 1.82) is 0 Å². The van der Waals surface area contributed by atoms with Gasteiger partial charge in [0.15, 0.2) is 0 Å². The monoisotopic (exact) mass is 391 g/mol. The van der Waals surface area contributed by atoms with E-state index in [1.807, 2.05) is 0 Å². The van der Waals surface area contributed by atoms with E-state index in [-0.39, 0.29) is 10.1 Å². The summed E-state index contributed by atoms with van der Waals surface area (Å²) in [7, 11) is -3.67. The number of hydrogen-bond acceptors (Lipinski definition) is 8. The van der Waals surface area contributed by atoms with Gasteiger partial charge >= 0.3 is 0 Å². The second-order valence-corrected chi connectivity index (χ2v) is 9.05. The Bertz CT molecular complexity index is 965. The van der Waals surface area contributed by atoms with Crippen LogP contribution in [-0.4, -0.2) is 28.5 Å². The molecule has 8 nitrogen and oxygen atoms in total. The molecule has 0 saturated heterocycles. The quantitative estimate of drug-likeness (QED) is 0.712. The third-order valence-electron chi connectivity index (χ3n) is 4.42. The molecule has 0 radical (unpaired) electrons. The minimum atomic E-state index is -3.67. The molecule has 1 N–H and O–H groups in total. The Labute approximate surface area is 154 Å². The van der Waals surface area contributed by atoms with Gasteiger partial charge < -0.3 is 4.52 Å². The summed E-state index contributed by atoms with van der Waals surface area (Å²) < 4.78 is 34.2. The van der Waals surface area contributed by atoms with Crippen LogP contribution in [0.25, 0.3) is 11.5 Å². The summed E-state index contributed by atoms with van der Waals surface area (Å²) in [6, 6.07) is 3.30. The fourth-order valence-corrected chi connectivity index (χ4v) is 5.59. The van der Waals surface area contributed by atoms with Gasteiger partial charge in [0.1, 0.15) is 15.4 Å². The van der Waals surface area contributed by atoms with Gasteiger partial charge in [-0.3, -0.25) is 4.98 Å². The van der Waals surface area contributed by atoms with Crippen molar-refractivity contribution in [2.24, 2.45) is 0 Å². The maximum Gasteiger partial charge on any atom is 0.251 e. The topological polar surface area (TPSA) is 111 Å². The molecule has 3 aromatic rings. The average molecular weight is 391 g/mol. The van der Waals surface area contributed by atoms with Crippen molar-refractivity contribution in [1.82, 2.24) is 24.8 Å². The summed E-state index contributed by atoms with van der Waals surface area (Å²) in [6.45, 7) is 0. The first kappa shape index (κ1) is 17.3. The Morgan fingerprint density at radius 3 is 2.73 bits per heavy atom. The van der Waals surface area contributed by atoms with E-state index in [0.29, 0.717) is 24.4 Å². The maximum absolute atomic E-state index is 12.8. The van der Waals surface area contributed by atoms with E-state index in [4.69, 9.17) is 4.52 Å². The summed E-state index contributed by atoms with van der Waals surface area (Å²) in [5.74, 6) is 0.575. The lowest BCUT2D eigenvalue weighted by molar-refractivity contribution is 0.200. The number of nitrogens with one attached hydrogen (secondary N) is 1. The van der Waals surface area contributed by atoms with Crippen molar-refractivity contribution in [2.45, 2.75) is 41.9 Å². The minimum absolute atomic E-state index is 0.274. The molecular weight excluding hydrogens is 374 g/mol. The van der Waals surface area contributed by atoms with Crippen LogP contribution in [0, 0.1) is 0 Å². The molecule has 1 aliphatic carbocycles. The summed E-state index contributed by atoms with van der Waals surface area (Å²) in [4.78, 5) is 12.6. The second kappa shape index (κ2) is 6.86. The highest BCUT2D eigenvalue weighted by Gasteiger charge is 2.43. The van der Waals surface area contributed by atoms with E-state index < -0.39 is 15.6 Å². The van der Waals surface area contributed by atoms with E-state index in [2.05, 4.69) is 24.8 Å². The molecule has 136 valence electrons.